The van der Waals surface area contributed by atoms with E-state index in [9.17, 15) is 4.79 Å². The number of ether oxygens (including phenoxy) is 1. The van der Waals surface area contributed by atoms with Gasteiger partial charge in [-0.3, -0.25) is 4.79 Å². The van der Waals surface area contributed by atoms with Gasteiger partial charge >= 0.3 is 0 Å². The average molecular weight is 255 g/mol. The molecule has 0 amide bonds. The van der Waals surface area contributed by atoms with E-state index < -0.39 is 0 Å². The molecule has 0 atom stereocenters. The van der Waals surface area contributed by atoms with Crippen LogP contribution < -0.4 is 10.1 Å². The summed E-state index contributed by atoms with van der Waals surface area (Å²) in [4.78, 5) is 12.2. The number of rotatable bonds is 5. The second-order valence-corrected chi connectivity index (χ2v) is 4.29. The molecule has 3 heteroatoms. The number of nitrogens with one attached hydrogen (secondary N) is 1. The van der Waals surface area contributed by atoms with E-state index >= 15 is 0 Å². The molecule has 0 unspecified atom stereocenters. The summed E-state index contributed by atoms with van der Waals surface area (Å²) in [6, 6.07) is 15.2. The SMILES string of the molecule is COc1ccccc1C(=O)CNc1ccccc1C. The fourth-order valence-corrected chi connectivity index (χ4v) is 1.92. The Morgan fingerprint density at radius 1 is 1.11 bits per heavy atom. The number of carbonyl (C=O) groups is 1. The molecular formula is C16H17NO2. The molecule has 0 aromatic heterocycles. The van der Waals surface area contributed by atoms with Crippen LogP contribution in [0.4, 0.5) is 5.69 Å². The van der Waals surface area contributed by atoms with Gasteiger partial charge in [-0.1, -0.05) is 30.3 Å². The Morgan fingerprint density at radius 3 is 2.53 bits per heavy atom. The minimum absolute atomic E-state index is 0.0145. The quantitative estimate of drug-likeness (QED) is 0.833. The van der Waals surface area contributed by atoms with Crippen molar-refractivity contribution in [3.63, 3.8) is 0 Å². The van der Waals surface area contributed by atoms with Crippen LogP contribution in [0.1, 0.15) is 15.9 Å². The van der Waals surface area contributed by atoms with Crippen LogP contribution in [-0.2, 0) is 0 Å². The number of para-hydroxylation sites is 2. The third-order valence-corrected chi connectivity index (χ3v) is 2.99. The fraction of sp³-hybridized carbons (Fsp3) is 0.188. The zero-order valence-electron chi connectivity index (χ0n) is 11.1. The van der Waals surface area contributed by atoms with Crippen LogP contribution in [0.25, 0.3) is 0 Å². The average Bonchev–Trinajstić information content (AvgIpc) is 2.46. The van der Waals surface area contributed by atoms with Gasteiger partial charge in [0.2, 0.25) is 0 Å². The molecule has 0 aliphatic carbocycles. The van der Waals surface area contributed by atoms with E-state index in [2.05, 4.69) is 5.32 Å². The van der Waals surface area contributed by atoms with Crippen molar-refractivity contribution in [2.45, 2.75) is 6.92 Å². The topological polar surface area (TPSA) is 38.3 Å². The zero-order chi connectivity index (χ0) is 13.7. The highest BCUT2D eigenvalue weighted by Crippen LogP contribution is 2.18. The molecule has 19 heavy (non-hydrogen) atoms. The van der Waals surface area contributed by atoms with E-state index in [0.29, 0.717) is 11.3 Å². The number of hydrogen-bond acceptors (Lipinski definition) is 3. The van der Waals surface area contributed by atoms with Crippen LogP contribution in [0.15, 0.2) is 48.5 Å². The standard InChI is InChI=1S/C16H17NO2/c1-12-7-3-5-9-14(12)17-11-15(18)13-8-4-6-10-16(13)19-2/h3-10,17H,11H2,1-2H3. The van der Waals surface area contributed by atoms with Gasteiger partial charge in [0.15, 0.2) is 5.78 Å². The third-order valence-electron chi connectivity index (χ3n) is 2.99. The van der Waals surface area contributed by atoms with Crippen LogP contribution >= 0.6 is 0 Å². The lowest BCUT2D eigenvalue weighted by Crippen LogP contribution is -2.15. The molecule has 0 aliphatic heterocycles. The molecule has 2 rings (SSSR count). The predicted octanol–water partition coefficient (Wildman–Crippen LogP) is 3.30. The van der Waals surface area contributed by atoms with Gasteiger partial charge in [0, 0.05) is 5.69 Å². The molecule has 0 radical (unpaired) electrons. The number of Topliss-reactive ketones (excluding diaryl/α,β-unsaturated/α-hetero) is 1. The molecule has 3 nitrogen and oxygen atoms in total. The Hall–Kier alpha value is -2.29. The van der Waals surface area contributed by atoms with Crippen molar-refractivity contribution < 1.29 is 9.53 Å². The number of ketones is 1. The number of hydrogen-bond donors (Lipinski definition) is 1. The second-order valence-electron chi connectivity index (χ2n) is 4.29. The molecule has 0 aliphatic rings. The van der Waals surface area contributed by atoms with Gasteiger partial charge < -0.3 is 10.1 Å². The minimum atomic E-state index is 0.0145. The maximum Gasteiger partial charge on any atom is 0.185 e. The summed E-state index contributed by atoms with van der Waals surface area (Å²) in [6.45, 7) is 2.27. The molecule has 0 spiro atoms. The van der Waals surface area contributed by atoms with Crippen molar-refractivity contribution in [1.29, 1.82) is 0 Å². The predicted molar refractivity (Wildman–Crippen MR) is 77.0 cm³/mol. The van der Waals surface area contributed by atoms with Gasteiger partial charge in [0.05, 0.1) is 19.2 Å². The number of carbonyl (C=O) groups excluding carboxylic acids is 1. The Bertz CT molecular complexity index is 578. The van der Waals surface area contributed by atoms with E-state index in [1.807, 2.05) is 43.3 Å². The summed E-state index contributed by atoms with van der Waals surface area (Å²) in [5.41, 5.74) is 2.70. The lowest BCUT2D eigenvalue weighted by atomic mass is 10.1. The van der Waals surface area contributed by atoms with E-state index in [1.165, 1.54) is 0 Å². The van der Waals surface area contributed by atoms with Crippen molar-refractivity contribution in [3.05, 3.63) is 59.7 Å². The third kappa shape index (κ3) is 3.13. The molecule has 2 aromatic carbocycles. The summed E-state index contributed by atoms with van der Waals surface area (Å²) >= 11 is 0. The Balaban J connectivity index is 2.08. The van der Waals surface area contributed by atoms with Crippen molar-refractivity contribution in [2.75, 3.05) is 19.0 Å². The van der Waals surface area contributed by atoms with Crippen molar-refractivity contribution >= 4 is 11.5 Å². The van der Waals surface area contributed by atoms with E-state index in [1.54, 1.807) is 19.2 Å². The molecule has 0 heterocycles. The summed E-state index contributed by atoms with van der Waals surface area (Å²) in [5, 5.41) is 3.16. The number of methoxy groups -OCH3 is 1. The Kier molecular flexibility index (Phi) is 4.18. The smallest absolute Gasteiger partial charge is 0.185 e. The van der Waals surface area contributed by atoms with Crippen LogP contribution in [0.2, 0.25) is 0 Å². The first-order valence-corrected chi connectivity index (χ1v) is 6.18. The maximum absolute atomic E-state index is 12.2. The number of anilines is 1. The van der Waals surface area contributed by atoms with Crippen LogP contribution in [-0.4, -0.2) is 19.4 Å². The van der Waals surface area contributed by atoms with Gasteiger partial charge in [0.25, 0.3) is 0 Å². The summed E-state index contributed by atoms with van der Waals surface area (Å²) in [5.74, 6) is 0.625. The Morgan fingerprint density at radius 2 is 1.79 bits per heavy atom. The normalized spacial score (nSPS) is 10.0. The van der Waals surface area contributed by atoms with Gasteiger partial charge in [0.1, 0.15) is 5.75 Å². The van der Waals surface area contributed by atoms with Crippen molar-refractivity contribution in [1.82, 2.24) is 0 Å². The lowest BCUT2D eigenvalue weighted by Gasteiger charge is -2.10. The largest absolute Gasteiger partial charge is 0.496 e. The van der Waals surface area contributed by atoms with Crippen molar-refractivity contribution in [3.8, 4) is 5.75 Å². The Labute approximate surface area is 113 Å². The highest BCUT2D eigenvalue weighted by atomic mass is 16.5. The number of aryl methyl sites for hydroxylation is 1. The van der Waals surface area contributed by atoms with Gasteiger partial charge in [-0.15, -0.1) is 0 Å². The number of benzene rings is 2. The lowest BCUT2D eigenvalue weighted by molar-refractivity contribution is 0.100. The zero-order valence-corrected chi connectivity index (χ0v) is 11.1. The molecular weight excluding hydrogens is 238 g/mol. The molecule has 98 valence electrons. The molecule has 0 bridgehead atoms. The second kappa shape index (κ2) is 6.05. The van der Waals surface area contributed by atoms with Crippen LogP contribution in [0.3, 0.4) is 0 Å². The van der Waals surface area contributed by atoms with Gasteiger partial charge in [-0.25, -0.2) is 0 Å². The first kappa shape index (κ1) is 13.1. The van der Waals surface area contributed by atoms with E-state index in [0.717, 1.165) is 11.3 Å². The molecule has 0 saturated carbocycles. The first-order valence-electron chi connectivity index (χ1n) is 6.18. The molecule has 2 aromatic rings. The van der Waals surface area contributed by atoms with E-state index in [-0.39, 0.29) is 12.3 Å². The highest BCUT2D eigenvalue weighted by Gasteiger charge is 2.11. The van der Waals surface area contributed by atoms with Gasteiger partial charge in [-0.05, 0) is 30.7 Å². The minimum Gasteiger partial charge on any atom is -0.496 e. The fourth-order valence-electron chi connectivity index (χ4n) is 1.92. The molecule has 1 N–H and O–H groups in total. The summed E-state index contributed by atoms with van der Waals surface area (Å²) in [6.07, 6.45) is 0. The van der Waals surface area contributed by atoms with Crippen LogP contribution in [0.5, 0.6) is 5.75 Å². The monoisotopic (exact) mass is 255 g/mol. The van der Waals surface area contributed by atoms with E-state index in [4.69, 9.17) is 4.74 Å². The van der Waals surface area contributed by atoms with Crippen LogP contribution in [0, 0.1) is 6.92 Å². The van der Waals surface area contributed by atoms with Gasteiger partial charge in [-0.2, -0.15) is 0 Å². The summed E-state index contributed by atoms with van der Waals surface area (Å²) in [7, 11) is 1.57. The molecule has 0 saturated heterocycles. The molecule has 0 fully saturated rings. The first-order chi connectivity index (χ1) is 9.22. The summed E-state index contributed by atoms with van der Waals surface area (Å²) < 4.78 is 5.19. The maximum atomic E-state index is 12.2. The highest BCUT2D eigenvalue weighted by molar-refractivity contribution is 6.01. The van der Waals surface area contributed by atoms with Crippen molar-refractivity contribution in [2.24, 2.45) is 0 Å².